The van der Waals surface area contributed by atoms with Gasteiger partial charge in [-0.2, -0.15) is 0 Å². The lowest BCUT2D eigenvalue weighted by molar-refractivity contribution is -0.149. The smallest absolute Gasteiger partial charge is 0.311 e. The number of hydrogen-bond donors (Lipinski definition) is 1. The first-order chi connectivity index (χ1) is 10.1. The highest BCUT2D eigenvalue weighted by molar-refractivity contribution is 5.92. The van der Waals surface area contributed by atoms with E-state index in [-0.39, 0.29) is 17.6 Å². The van der Waals surface area contributed by atoms with Gasteiger partial charge in [0.05, 0.1) is 11.1 Å². The summed E-state index contributed by atoms with van der Waals surface area (Å²) < 4.78 is 5.17. The molecule has 1 amide bonds. The Morgan fingerprint density at radius 2 is 2.19 bits per heavy atom. The molecule has 2 heterocycles. The van der Waals surface area contributed by atoms with Crippen LogP contribution < -0.4 is 0 Å². The summed E-state index contributed by atoms with van der Waals surface area (Å²) in [6, 6.07) is 1.72. The van der Waals surface area contributed by atoms with Crippen LogP contribution in [-0.4, -0.2) is 40.1 Å². The van der Waals surface area contributed by atoms with E-state index in [2.05, 4.69) is 5.16 Å². The Labute approximate surface area is 122 Å². The van der Waals surface area contributed by atoms with Crippen molar-refractivity contribution in [2.24, 2.45) is 11.3 Å². The van der Waals surface area contributed by atoms with Gasteiger partial charge in [0.25, 0.3) is 5.91 Å². The summed E-state index contributed by atoms with van der Waals surface area (Å²) in [5.74, 6) is -0.221. The topological polar surface area (TPSA) is 83.6 Å². The molecule has 1 aromatic heterocycles. The molecule has 3 fully saturated rings. The van der Waals surface area contributed by atoms with Gasteiger partial charge in [-0.1, -0.05) is 11.6 Å². The molecule has 1 N–H and O–H groups in total. The number of aromatic nitrogens is 1. The van der Waals surface area contributed by atoms with Crippen LogP contribution in [0, 0.1) is 11.3 Å². The molecular weight excluding hydrogens is 272 g/mol. The molecule has 2 saturated carbocycles. The van der Waals surface area contributed by atoms with Gasteiger partial charge in [-0.3, -0.25) is 9.59 Å². The van der Waals surface area contributed by atoms with Crippen LogP contribution in [0.1, 0.15) is 54.3 Å². The average molecular weight is 290 g/mol. The second kappa shape index (κ2) is 4.32. The van der Waals surface area contributed by atoms with Gasteiger partial charge in [0.2, 0.25) is 5.76 Å². The van der Waals surface area contributed by atoms with Crippen LogP contribution in [0.25, 0.3) is 0 Å². The van der Waals surface area contributed by atoms with E-state index >= 15 is 0 Å². The number of aliphatic carboxylic acids is 1. The van der Waals surface area contributed by atoms with Crippen LogP contribution in [0.3, 0.4) is 0 Å². The lowest BCUT2D eigenvalue weighted by Gasteiger charge is -2.22. The molecule has 112 valence electrons. The fraction of sp³-hybridized carbons (Fsp3) is 0.667. The van der Waals surface area contributed by atoms with Crippen molar-refractivity contribution >= 4 is 11.9 Å². The molecule has 1 saturated heterocycles. The number of amides is 1. The highest BCUT2D eigenvalue weighted by Gasteiger charge is 2.56. The molecule has 2 atom stereocenters. The minimum atomic E-state index is -0.767. The van der Waals surface area contributed by atoms with Crippen LogP contribution >= 0.6 is 0 Å². The lowest BCUT2D eigenvalue weighted by atomic mass is 9.81. The van der Waals surface area contributed by atoms with Crippen LogP contribution in [-0.2, 0) is 4.79 Å². The van der Waals surface area contributed by atoms with Crippen molar-refractivity contribution in [3.63, 3.8) is 0 Å². The van der Waals surface area contributed by atoms with Crippen molar-refractivity contribution in [3.8, 4) is 0 Å². The number of rotatable bonds is 3. The quantitative estimate of drug-likeness (QED) is 0.918. The number of fused-ring (bicyclic) bond motifs is 1. The van der Waals surface area contributed by atoms with Crippen molar-refractivity contribution in [1.29, 1.82) is 0 Å². The summed E-state index contributed by atoms with van der Waals surface area (Å²) in [7, 11) is 0. The zero-order chi connectivity index (χ0) is 14.6. The summed E-state index contributed by atoms with van der Waals surface area (Å²) in [5, 5.41) is 13.5. The van der Waals surface area contributed by atoms with Gasteiger partial charge in [-0.05, 0) is 31.6 Å². The van der Waals surface area contributed by atoms with Crippen LogP contribution in [0.4, 0.5) is 0 Å². The summed E-state index contributed by atoms with van der Waals surface area (Å²) in [4.78, 5) is 25.8. The fourth-order valence-electron chi connectivity index (χ4n) is 3.91. The van der Waals surface area contributed by atoms with Crippen LogP contribution in [0.15, 0.2) is 10.6 Å². The van der Waals surface area contributed by atoms with Gasteiger partial charge in [-0.25, -0.2) is 0 Å². The van der Waals surface area contributed by atoms with Crippen LogP contribution in [0.2, 0.25) is 0 Å². The molecule has 2 aliphatic carbocycles. The van der Waals surface area contributed by atoms with E-state index in [1.807, 2.05) is 0 Å². The number of carboxylic acid groups (broad SMARTS) is 1. The van der Waals surface area contributed by atoms with E-state index in [4.69, 9.17) is 4.52 Å². The Hall–Kier alpha value is -1.85. The van der Waals surface area contributed by atoms with E-state index < -0.39 is 11.4 Å². The molecule has 0 radical (unpaired) electrons. The molecular formula is C15H18N2O4. The van der Waals surface area contributed by atoms with E-state index in [1.165, 1.54) is 0 Å². The molecule has 1 aromatic rings. The third-order valence-corrected chi connectivity index (χ3v) is 5.32. The number of carbonyl (C=O) groups is 2. The minimum Gasteiger partial charge on any atom is -0.481 e. The average Bonchev–Trinajstić information content (AvgIpc) is 2.90. The molecule has 21 heavy (non-hydrogen) atoms. The summed E-state index contributed by atoms with van der Waals surface area (Å²) in [6.45, 7) is 0.815. The highest BCUT2D eigenvalue weighted by atomic mass is 16.5. The number of likely N-dealkylation sites (tertiary alicyclic amines) is 1. The predicted octanol–water partition coefficient (Wildman–Crippen LogP) is 1.88. The number of carboxylic acids is 1. The van der Waals surface area contributed by atoms with Crippen molar-refractivity contribution in [3.05, 3.63) is 17.5 Å². The molecule has 4 rings (SSSR count). The molecule has 0 spiro atoms. The Morgan fingerprint density at radius 3 is 2.86 bits per heavy atom. The summed E-state index contributed by atoms with van der Waals surface area (Å²) in [5.41, 5.74) is 0.111. The number of carbonyl (C=O) groups excluding carboxylic acids is 1. The predicted molar refractivity (Wildman–Crippen MR) is 71.8 cm³/mol. The minimum absolute atomic E-state index is 0.0739. The number of nitrogens with zero attached hydrogens (tertiary/aromatic N) is 2. The second-order valence-electron chi connectivity index (χ2n) is 6.63. The third-order valence-electron chi connectivity index (χ3n) is 5.32. The van der Waals surface area contributed by atoms with E-state index in [9.17, 15) is 14.7 Å². The molecule has 1 aliphatic heterocycles. The first-order valence-electron chi connectivity index (χ1n) is 7.59. The molecule has 6 heteroatoms. The lowest BCUT2D eigenvalue weighted by Crippen LogP contribution is -2.37. The maximum atomic E-state index is 12.5. The zero-order valence-electron chi connectivity index (χ0n) is 11.7. The second-order valence-corrected chi connectivity index (χ2v) is 6.63. The van der Waals surface area contributed by atoms with Gasteiger partial charge in [-0.15, -0.1) is 0 Å². The standard InChI is InChI=1S/C15H18N2O4/c18-13(12-6-11(16-21-12)9-3-4-9)17-7-10-2-1-5-15(10,8-17)14(19)20/h6,9-10H,1-5,7-8H2,(H,19,20)/t10-,15+/m0/s1. The Morgan fingerprint density at radius 1 is 1.38 bits per heavy atom. The fourth-order valence-corrected chi connectivity index (χ4v) is 3.91. The van der Waals surface area contributed by atoms with Gasteiger partial charge >= 0.3 is 5.97 Å². The van der Waals surface area contributed by atoms with E-state index in [0.29, 0.717) is 25.4 Å². The third kappa shape index (κ3) is 1.88. The maximum Gasteiger partial charge on any atom is 0.311 e. The monoisotopic (exact) mass is 290 g/mol. The van der Waals surface area contributed by atoms with E-state index in [0.717, 1.165) is 31.4 Å². The van der Waals surface area contributed by atoms with Crippen molar-refractivity contribution in [2.75, 3.05) is 13.1 Å². The van der Waals surface area contributed by atoms with Crippen LogP contribution in [0.5, 0.6) is 0 Å². The molecule has 3 aliphatic rings. The Bertz CT molecular complexity index is 607. The normalized spacial score (nSPS) is 31.4. The van der Waals surface area contributed by atoms with Crippen molar-refractivity contribution < 1.29 is 19.2 Å². The highest BCUT2D eigenvalue weighted by Crippen LogP contribution is 2.49. The number of hydrogen-bond acceptors (Lipinski definition) is 4. The molecule has 0 bridgehead atoms. The first kappa shape index (κ1) is 12.9. The van der Waals surface area contributed by atoms with Gasteiger partial charge in [0.15, 0.2) is 0 Å². The summed E-state index contributed by atoms with van der Waals surface area (Å²) >= 11 is 0. The van der Waals surface area contributed by atoms with Gasteiger partial charge < -0.3 is 14.5 Å². The van der Waals surface area contributed by atoms with Gasteiger partial charge in [0.1, 0.15) is 0 Å². The largest absolute Gasteiger partial charge is 0.481 e. The van der Waals surface area contributed by atoms with Crippen molar-refractivity contribution in [2.45, 2.75) is 38.0 Å². The summed E-state index contributed by atoms with van der Waals surface area (Å²) in [6.07, 6.45) is 4.70. The molecule has 0 aromatic carbocycles. The zero-order valence-corrected chi connectivity index (χ0v) is 11.7. The maximum absolute atomic E-state index is 12.5. The Balaban J connectivity index is 1.54. The SMILES string of the molecule is O=C(c1cc(C2CC2)no1)N1C[C@@H]2CCC[C@@]2(C(=O)O)C1. The first-order valence-corrected chi connectivity index (χ1v) is 7.59. The Kier molecular flexibility index (Phi) is 2.65. The molecule has 6 nitrogen and oxygen atoms in total. The van der Waals surface area contributed by atoms with Gasteiger partial charge in [0, 0.05) is 25.1 Å². The van der Waals surface area contributed by atoms with Crippen molar-refractivity contribution in [1.82, 2.24) is 10.1 Å². The van der Waals surface area contributed by atoms with E-state index in [1.54, 1.807) is 11.0 Å². The molecule has 0 unspecified atom stereocenters.